The van der Waals surface area contributed by atoms with Crippen molar-refractivity contribution in [2.75, 3.05) is 39.4 Å². The molecule has 0 spiro atoms. The van der Waals surface area contributed by atoms with E-state index in [1.54, 1.807) is 37.4 Å². The van der Waals surface area contributed by atoms with Crippen LogP contribution in [0.15, 0.2) is 102 Å². The number of fused-ring (bicyclic) bond motifs is 2. The van der Waals surface area contributed by atoms with Gasteiger partial charge in [-0.25, -0.2) is 9.59 Å². The Morgan fingerprint density at radius 3 is 2.48 bits per heavy atom. The van der Waals surface area contributed by atoms with Crippen LogP contribution in [-0.4, -0.2) is 89.1 Å². The summed E-state index contributed by atoms with van der Waals surface area (Å²) in [6, 6.07) is 19.9. The second kappa shape index (κ2) is 22.0. The number of aliphatic hydroxyl groups excluding tert-OH is 2. The van der Waals surface area contributed by atoms with E-state index in [1.807, 2.05) is 36.4 Å². The third kappa shape index (κ3) is 10.8. The number of nitrogens with one attached hydrogen (secondary N) is 1. The molecule has 3 N–H and O–H groups in total. The molecule has 332 valence electrons. The molecule has 2 aliphatic carbocycles. The van der Waals surface area contributed by atoms with Crippen molar-refractivity contribution in [3.8, 4) is 11.5 Å². The van der Waals surface area contributed by atoms with Crippen LogP contribution in [0.5, 0.6) is 11.5 Å². The van der Waals surface area contributed by atoms with Crippen LogP contribution in [0, 0.1) is 27.9 Å². The number of hydrogen-bond acceptors (Lipinski definition) is 12. The standard InChI is InChI=1S/C46H55ClN4O11/c1-3-24-59-46-41(50(2)45(55)58-25-21-47)28-39(49-60-30-32-15-17-34(18-16-32)51(56)57)37-26-33(13-7-9-22-52)36(14-8-10-23-53)42(43(37)46)38-27-35(19-20-40(38)62-46)61-44(54)48-29-31-11-5-4-6-12-31/h3-6,11-12,15-20,26-27,33,36,41-43,52-53H,1,7-10,13-14,21-25,28-30H2,2H3,(H,48,54). The summed E-state index contributed by atoms with van der Waals surface area (Å²) in [5.41, 5.74) is 3.64. The number of oxime groups is 1. The quantitative estimate of drug-likeness (QED) is 0.0309. The number of nitrogens with zero attached hydrogens (tertiary/aromatic N) is 3. The van der Waals surface area contributed by atoms with E-state index in [2.05, 4.69) is 18.0 Å². The molecule has 0 saturated heterocycles. The first-order valence-corrected chi connectivity index (χ1v) is 21.6. The second-order valence-corrected chi connectivity index (χ2v) is 16.0. The highest BCUT2D eigenvalue weighted by atomic mass is 35.5. The fraction of sp³-hybridized carbons (Fsp3) is 0.457. The predicted molar refractivity (Wildman–Crippen MR) is 232 cm³/mol. The van der Waals surface area contributed by atoms with Crippen molar-refractivity contribution in [1.82, 2.24) is 10.2 Å². The number of likely N-dealkylation sites (N-methyl/N-ethyl adjacent to an activating group) is 1. The number of non-ortho nitro benzene ring substituents is 1. The van der Waals surface area contributed by atoms with Crippen molar-refractivity contribution in [3.63, 3.8) is 0 Å². The zero-order chi connectivity index (χ0) is 44.1. The van der Waals surface area contributed by atoms with Gasteiger partial charge in [0.1, 0.15) is 30.8 Å². The number of allylic oxidation sites excluding steroid dienone is 1. The molecule has 1 saturated carbocycles. The Kier molecular flexibility index (Phi) is 16.4. The zero-order valence-corrected chi connectivity index (χ0v) is 35.6. The summed E-state index contributed by atoms with van der Waals surface area (Å²) < 4.78 is 25.4. The van der Waals surface area contributed by atoms with Crippen molar-refractivity contribution >= 4 is 35.2 Å². The van der Waals surface area contributed by atoms with Gasteiger partial charge in [-0.05, 0) is 84.6 Å². The number of rotatable bonds is 21. The van der Waals surface area contributed by atoms with Crippen LogP contribution in [0.25, 0.3) is 0 Å². The predicted octanol–water partition coefficient (Wildman–Crippen LogP) is 8.02. The minimum Gasteiger partial charge on any atom is -0.459 e. The van der Waals surface area contributed by atoms with Crippen LogP contribution in [0.3, 0.4) is 0 Å². The van der Waals surface area contributed by atoms with Gasteiger partial charge in [0.15, 0.2) is 0 Å². The largest absolute Gasteiger partial charge is 0.459 e. The third-order valence-corrected chi connectivity index (χ3v) is 11.9. The molecule has 0 aromatic heterocycles. The Balaban J connectivity index is 1.48. The number of nitro benzene ring substituents is 1. The van der Waals surface area contributed by atoms with Gasteiger partial charge in [-0.1, -0.05) is 60.5 Å². The molecule has 1 heterocycles. The first kappa shape index (κ1) is 46.0. The molecule has 6 atom stereocenters. The lowest BCUT2D eigenvalue weighted by Gasteiger charge is -2.59. The molecule has 1 aliphatic heterocycles. The van der Waals surface area contributed by atoms with Crippen LogP contribution in [0.1, 0.15) is 67.6 Å². The van der Waals surface area contributed by atoms with Crippen molar-refractivity contribution < 1.29 is 48.5 Å². The minimum absolute atomic E-state index is 0.00925. The maximum atomic E-state index is 13.8. The Labute approximate surface area is 366 Å². The van der Waals surface area contributed by atoms with Gasteiger partial charge in [0.05, 0.1) is 29.0 Å². The van der Waals surface area contributed by atoms with Crippen LogP contribution in [-0.2, 0) is 27.5 Å². The van der Waals surface area contributed by atoms with E-state index < -0.39 is 34.9 Å². The average molecular weight is 875 g/mol. The lowest BCUT2D eigenvalue weighted by molar-refractivity contribution is -0.384. The number of nitro groups is 1. The van der Waals surface area contributed by atoms with Gasteiger partial charge in [-0.3, -0.25) is 10.1 Å². The molecule has 2 amide bonds. The number of halogens is 1. The number of aliphatic hydroxyl groups is 2. The summed E-state index contributed by atoms with van der Waals surface area (Å²) in [7, 11) is 1.61. The molecule has 0 bridgehead atoms. The molecule has 3 aliphatic rings. The number of carbonyl (C=O) groups excluding carboxylic acids is 2. The lowest BCUT2D eigenvalue weighted by atomic mass is 9.55. The van der Waals surface area contributed by atoms with Gasteiger partial charge in [0.2, 0.25) is 5.79 Å². The SMILES string of the molecule is C=CCOC12Oc3ccc(OC(=O)NCc4ccccc4)cc3C3C(CCCCO)C(CCCCO)C=C(C(=NOCc4ccc([N+](=O)[O-])cc4)CC1N(C)C(=O)OCCCl)C32. The normalized spacial score (nSPS) is 22.9. The van der Waals surface area contributed by atoms with E-state index >= 15 is 0 Å². The van der Waals surface area contributed by atoms with Crippen molar-refractivity contribution in [3.05, 3.63) is 124 Å². The summed E-state index contributed by atoms with van der Waals surface area (Å²) in [6.07, 6.45) is 6.75. The van der Waals surface area contributed by atoms with Crippen LogP contribution < -0.4 is 14.8 Å². The van der Waals surface area contributed by atoms with Crippen LogP contribution >= 0.6 is 11.6 Å². The molecule has 6 rings (SSSR count). The molecule has 1 fully saturated rings. The maximum Gasteiger partial charge on any atom is 0.412 e. The monoisotopic (exact) mass is 874 g/mol. The Hall–Kier alpha value is -5.48. The fourth-order valence-corrected chi connectivity index (χ4v) is 9.04. The van der Waals surface area contributed by atoms with Crippen LogP contribution in [0.2, 0.25) is 0 Å². The van der Waals surface area contributed by atoms with Gasteiger partial charge in [-0.2, -0.15) is 0 Å². The van der Waals surface area contributed by atoms with Crippen molar-refractivity contribution in [2.45, 2.75) is 75.8 Å². The number of benzene rings is 3. The number of amides is 2. The summed E-state index contributed by atoms with van der Waals surface area (Å²) in [6.45, 7) is 4.33. The van der Waals surface area contributed by atoms with Gasteiger partial charge in [-0.15, -0.1) is 18.2 Å². The Morgan fingerprint density at radius 2 is 1.79 bits per heavy atom. The Morgan fingerprint density at radius 1 is 1.05 bits per heavy atom. The van der Waals surface area contributed by atoms with E-state index in [0.717, 1.165) is 29.5 Å². The molecular weight excluding hydrogens is 820 g/mol. The summed E-state index contributed by atoms with van der Waals surface area (Å²) in [5.74, 6) is -1.74. The first-order valence-electron chi connectivity index (χ1n) is 21.0. The zero-order valence-electron chi connectivity index (χ0n) is 34.9. The molecule has 15 nitrogen and oxygen atoms in total. The van der Waals surface area contributed by atoms with E-state index in [4.69, 9.17) is 40.5 Å². The molecule has 3 aromatic carbocycles. The van der Waals surface area contributed by atoms with E-state index in [0.29, 0.717) is 48.5 Å². The number of ether oxygens (including phenoxy) is 4. The lowest BCUT2D eigenvalue weighted by Crippen LogP contribution is -2.69. The minimum atomic E-state index is -1.52. The van der Waals surface area contributed by atoms with Gasteiger partial charge >= 0.3 is 12.2 Å². The van der Waals surface area contributed by atoms with Crippen LogP contribution in [0.4, 0.5) is 15.3 Å². The van der Waals surface area contributed by atoms with Gasteiger partial charge < -0.3 is 44.2 Å². The number of alkyl halides is 1. The van der Waals surface area contributed by atoms with E-state index in [9.17, 15) is 29.9 Å². The topological polar surface area (TPSA) is 192 Å². The molecule has 0 radical (unpaired) electrons. The highest BCUT2D eigenvalue weighted by Gasteiger charge is 2.65. The highest BCUT2D eigenvalue weighted by molar-refractivity contribution is 6.18. The highest BCUT2D eigenvalue weighted by Crippen LogP contribution is 2.61. The summed E-state index contributed by atoms with van der Waals surface area (Å²) in [4.78, 5) is 45.3. The third-order valence-electron chi connectivity index (χ3n) is 11.7. The number of hydrogen-bond donors (Lipinski definition) is 3. The van der Waals surface area contributed by atoms with Crippen molar-refractivity contribution in [1.29, 1.82) is 0 Å². The Bertz CT molecular complexity index is 2070. The maximum absolute atomic E-state index is 13.8. The number of unbranched alkanes of at least 4 members (excludes halogenated alkanes) is 2. The second-order valence-electron chi connectivity index (χ2n) is 15.6. The average Bonchev–Trinajstić information content (AvgIpc) is 3.28. The van der Waals surface area contributed by atoms with E-state index in [-0.39, 0.29) is 75.3 Å². The fourth-order valence-electron chi connectivity index (χ4n) is 8.96. The molecule has 62 heavy (non-hydrogen) atoms. The summed E-state index contributed by atoms with van der Waals surface area (Å²) >= 11 is 5.94. The smallest absolute Gasteiger partial charge is 0.412 e. The van der Waals surface area contributed by atoms with Gasteiger partial charge in [0, 0.05) is 56.8 Å². The molecule has 16 heteroatoms. The first-order chi connectivity index (χ1) is 30.1. The van der Waals surface area contributed by atoms with Crippen molar-refractivity contribution in [2.24, 2.45) is 22.9 Å². The molecule has 3 aromatic rings. The molecular formula is C46H55ClN4O11. The number of carbonyl (C=O) groups is 2. The molecule has 6 unspecified atom stereocenters. The van der Waals surface area contributed by atoms with Gasteiger partial charge in [0.25, 0.3) is 5.69 Å². The van der Waals surface area contributed by atoms with E-state index in [1.165, 1.54) is 17.0 Å². The summed E-state index contributed by atoms with van der Waals surface area (Å²) in [5, 5.41) is 38.6.